The quantitative estimate of drug-likeness (QED) is 0.486. The lowest BCUT2D eigenvalue weighted by Gasteiger charge is -2.17. The molecule has 0 aliphatic rings. The number of carboxylic acid groups (broad SMARTS) is 1. The molecular weight excluding hydrogens is 457 g/mol. The Morgan fingerprint density at radius 1 is 0.909 bits per heavy atom. The van der Waals surface area contributed by atoms with Crippen LogP contribution in [0.3, 0.4) is 0 Å². The van der Waals surface area contributed by atoms with Gasteiger partial charge in [0.25, 0.3) is 0 Å². The Balaban J connectivity index is 2.12. The molecule has 3 rings (SSSR count). The van der Waals surface area contributed by atoms with Crippen molar-refractivity contribution >= 4 is 15.8 Å². The zero-order valence-electron chi connectivity index (χ0n) is 17.6. The molecule has 0 saturated carbocycles. The highest BCUT2D eigenvalue weighted by Crippen LogP contribution is 2.38. The number of benzene rings is 3. The lowest BCUT2D eigenvalue weighted by Crippen LogP contribution is -2.11. The smallest absolute Gasteiger partial charge is 0.416 e. The van der Waals surface area contributed by atoms with Crippen molar-refractivity contribution < 1.29 is 36.2 Å². The molecule has 0 radical (unpaired) electrons. The lowest BCUT2D eigenvalue weighted by molar-refractivity contribution is -0.138. The lowest BCUT2D eigenvalue weighted by atomic mass is 9.95. The van der Waals surface area contributed by atoms with E-state index in [1.54, 1.807) is 30.3 Å². The van der Waals surface area contributed by atoms with Crippen LogP contribution in [0.15, 0.2) is 66.7 Å². The van der Waals surface area contributed by atoms with Crippen molar-refractivity contribution in [3.63, 3.8) is 0 Å². The van der Waals surface area contributed by atoms with Crippen LogP contribution < -0.4 is 4.74 Å². The molecule has 0 aliphatic carbocycles. The maximum absolute atomic E-state index is 13.4. The van der Waals surface area contributed by atoms with Crippen LogP contribution in [0.4, 0.5) is 13.2 Å². The van der Waals surface area contributed by atoms with Crippen LogP contribution >= 0.6 is 0 Å². The molecule has 1 N–H and O–H groups in total. The van der Waals surface area contributed by atoms with E-state index in [2.05, 4.69) is 0 Å². The molecule has 0 heterocycles. The highest BCUT2D eigenvalue weighted by Gasteiger charge is 2.32. The van der Waals surface area contributed by atoms with Gasteiger partial charge >= 0.3 is 12.1 Å². The van der Waals surface area contributed by atoms with Gasteiger partial charge < -0.3 is 9.84 Å². The fourth-order valence-electron chi connectivity index (χ4n) is 3.52. The van der Waals surface area contributed by atoms with Crippen molar-refractivity contribution in [3.8, 4) is 16.9 Å². The highest BCUT2D eigenvalue weighted by atomic mass is 32.2. The Morgan fingerprint density at radius 3 is 2.21 bits per heavy atom. The van der Waals surface area contributed by atoms with Gasteiger partial charge in [-0.15, -0.1) is 0 Å². The summed E-state index contributed by atoms with van der Waals surface area (Å²) < 4.78 is 71.3. The first kappa shape index (κ1) is 24.3. The number of carbonyl (C=O) groups is 1. The van der Waals surface area contributed by atoms with Crippen molar-refractivity contribution in [3.05, 3.63) is 89.0 Å². The molecule has 0 aliphatic heterocycles. The Morgan fingerprint density at radius 2 is 1.61 bits per heavy atom. The summed E-state index contributed by atoms with van der Waals surface area (Å²) in [4.78, 5) is 11.1. The van der Waals surface area contributed by atoms with Crippen molar-refractivity contribution in [1.29, 1.82) is 0 Å². The third-order valence-corrected chi connectivity index (χ3v) is 6.47. The molecular formula is C24H21F3O5S. The van der Waals surface area contributed by atoms with Crippen molar-refractivity contribution in [2.75, 3.05) is 7.11 Å². The summed E-state index contributed by atoms with van der Waals surface area (Å²) in [6, 6.07) is 15.8. The zero-order chi connectivity index (χ0) is 24.2. The summed E-state index contributed by atoms with van der Waals surface area (Å²) >= 11 is 0. The molecule has 0 spiro atoms. The van der Waals surface area contributed by atoms with Crippen LogP contribution in [0.1, 0.15) is 22.3 Å². The van der Waals surface area contributed by atoms with Crippen LogP contribution in [0, 0.1) is 0 Å². The SMILES string of the molecule is COc1ccc(CC(=O)O)cc1-c1ccc(C(F)(F)F)cc1CS(=O)(=O)Cc1ccccc1. The van der Waals surface area contributed by atoms with Gasteiger partial charge in [0, 0.05) is 5.56 Å². The van der Waals surface area contributed by atoms with E-state index in [1.807, 2.05) is 0 Å². The van der Waals surface area contributed by atoms with Gasteiger partial charge in [-0.25, -0.2) is 8.42 Å². The fourth-order valence-corrected chi connectivity index (χ4v) is 5.03. The molecule has 0 saturated heterocycles. The molecule has 174 valence electrons. The third kappa shape index (κ3) is 6.35. The van der Waals surface area contributed by atoms with Gasteiger partial charge in [0.15, 0.2) is 9.84 Å². The molecule has 0 fully saturated rings. The monoisotopic (exact) mass is 478 g/mol. The van der Waals surface area contributed by atoms with Crippen molar-refractivity contribution in [1.82, 2.24) is 0 Å². The van der Waals surface area contributed by atoms with E-state index in [4.69, 9.17) is 9.84 Å². The van der Waals surface area contributed by atoms with Crippen LogP contribution in [0.25, 0.3) is 11.1 Å². The number of alkyl halides is 3. The number of sulfone groups is 1. The maximum atomic E-state index is 13.4. The molecule has 3 aromatic rings. The number of carboxylic acids is 1. The summed E-state index contributed by atoms with van der Waals surface area (Å²) in [7, 11) is -2.46. The van der Waals surface area contributed by atoms with Crippen molar-refractivity contribution in [2.45, 2.75) is 24.1 Å². The number of halogens is 3. The van der Waals surface area contributed by atoms with E-state index in [1.165, 1.54) is 31.4 Å². The first-order valence-electron chi connectivity index (χ1n) is 9.82. The van der Waals surface area contributed by atoms with Crippen LogP contribution in [0.5, 0.6) is 5.75 Å². The number of hydrogen-bond acceptors (Lipinski definition) is 4. The molecule has 33 heavy (non-hydrogen) atoms. The van der Waals surface area contributed by atoms with Gasteiger partial charge in [0.2, 0.25) is 0 Å². The summed E-state index contributed by atoms with van der Waals surface area (Å²) in [5, 5.41) is 9.09. The van der Waals surface area contributed by atoms with Gasteiger partial charge in [-0.05, 0) is 46.5 Å². The number of aliphatic carboxylic acids is 1. The molecule has 0 amide bonds. The molecule has 3 aromatic carbocycles. The van der Waals surface area contributed by atoms with E-state index in [-0.39, 0.29) is 29.1 Å². The summed E-state index contributed by atoms with van der Waals surface area (Å²) in [5.74, 6) is -1.76. The molecule has 9 heteroatoms. The second-order valence-corrected chi connectivity index (χ2v) is 9.56. The normalized spacial score (nSPS) is 11.9. The van der Waals surface area contributed by atoms with Gasteiger partial charge in [0.1, 0.15) is 5.75 Å². The Hall–Kier alpha value is -3.33. The van der Waals surface area contributed by atoms with E-state index in [0.717, 1.165) is 12.1 Å². The predicted molar refractivity (Wildman–Crippen MR) is 118 cm³/mol. The Labute approximate surface area is 189 Å². The first-order valence-corrected chi connectivity index (χ1v) is 11.6. The predicted octanol–water partition coefficient (Wildman–Crippen LogP) is 5.12. The summed E-state index contributed by atoms with van der Waals surface area (Å²) in [6.07, 6.45) is -4.97. The number of hydrogen-bond donors (Lipinski definition) is 1. The van der Waals surface area contributed by atoms with E-state index in [9.17, 15) is 26.4 Å². The zero-order valence-corrected chi connectivity index (χ0v) is 18.4. The minimum absolute atomic E-state index is 0.0495. The Kier molecular flexibility index (Phi) is 7.12. The molecule has 0 atom stereocenters. The van der Waals surface area contributed by atoms with Crippen LogP contribution in [-0.2, 0) is 38.7 Å². The van der Waals surface area contributed by atoms with Gasteiger partial charge in [-0.3, -0.25) is 4.79 Å². The molecule has 0 unspecified atom stereocenters. The minimum atomic E-state index is -4.66. The minimum Gasteiger partial charge on any atom is -0.496 e. The number of rotatable bonds is 8. The maximum Gasteiger partial charge on any atom is 0.416 e. The van der Waals surface area contributed by atoms with Crippen molar-refractivity contribution in [2.24, 2.45) is 0 Å². The van der Waals surface area contributed by atoms with E-state index >= 15 is 0 Å². The van der Waals surface area contributed by atoms with E-state index < -0.39 is 33.3 Å². The molecule has 5 nitrogen and oxygen atoms in total. The largest absolute Gasteiger partial charge is 0.496 e. The number of methoxy groups -OCH3 is 1. The first-order chi connectivity index (χ1) is 15.5. The van der Waals surface area contributed by atoms with Gasteiger partial charge in [0.05, 0.1) is 30.6 Å². The summed E-state index contributed by atoms with van der Waals surface area (Å²) in [5.41, 5.74) is 0.435. The second-order valence-electron chi connectivity index (χ2n) is 7.49. The average molecular weight is 478 g/mol. The average Bonchev–Trinajstić information content (AvgIpc) is 2.72. The second kappa shape index (κ2) is 9.66. The third-order valence-electron chi connectivity index (χ3n) is 4.95. The van der Waals surface area contributed by atoms with Crippen LogP contribution in [0.2, 0.25) is 0 Å². The molecule has 0 bridgehead atoms. The Bertz CT molecular complexity index is 1250. The number of ether oxygens (including phenoxy) is 1. The van der Waals surface area contributed by atoms with Gasteiger partial charge in [-0.1, -0.05) is 42.5 Å². The summed E-state index contributed by atoms with van der Waals surface area (Å²) in [6.45, 7) is 0. The fraction of sp³-hybridized carbons (Fsp3) is 0.208. The van der Waals surface area contributed by atoms with Gasteiger partial charge in [-0.2, -0.15) is 13.2 Å². The standard InChI is InChI=1S/C24H21F3O5S/c1-32-22-10-7-17(12-23(28)29)11-21(22)20-9-8-19(24(25,26)27)13-18(20)15-33(30,31)14-16-5-3-2-4-6-16/h2-11,13H,12,14-15H2,1H3,(H,28,29). The highest BCUT2D eigenvalue weighted by molar-refractivity contribution is 7.89. The van der Waals surface area contributed by atoms with Crippen LogP contribution in [-0.4, -0.2) is 26.6 Å². The molecule has 0 aromatic heterocycles. The van der Waals surface area contributed by atoms with E-state index in [0.29, 0.717) is 16.7 Å². The topological polar surface area (TPSA) is 80.7 Å².